The van der Waals surface area contributed by atoms with Gasteiger partial charge in [0.2, 0.25) is 10.0 Å². The predicted octanol–water partition coefficient (Wildman–Crippen LogP) is 2.63. The van der Waals surface area contributed by atoms with Crippen molar-refractivity contribution in [2.45, 2.75) is 11.8 Å². The minimum atomic E-state index is -3.90. The molecule has 0 fully saturated rings. The van der Waals surface area contributed by atoms with Crippen LogP contribution in [0.1, 0.15) is 5.56 Å². The Balaban J connectivity index is 2.32. The van der Waals surface area contributed by atoms with Crippen molar-refractivity contribution in [1.29, 1.82) is 0 Å². The normalized spacial score (nSPS) is 11.6. The van der Waals surface area contributed by atoms with Crippen LogP contribution in [-0.4, -0.2) is 45.4 Å². The molecule has 0 aliphatic heterocycles. The van der Waals surface area contributed by atoms with E-state index < -0.39 is 26.5 Å². The maximum absolute atomic E-state index is 14.0. The quantitative estimate of drug-likeness (QED) is 0.525. The van der Waals surface area contributed by atoms with Crippen molar-refractivity contribution in [2.24, 2.45) is 0 Å². The van der Waals surface area contributed by atoms with Crippen LogP contribution in [0.15, 0.2) is 41.3 Å². The summed E-state index contributed by atoms with van der Waals surface area (Å²) in [6.45, 7) is 2.36. The Labute approximate surface area is 157 Å². The third-order valence-corrected chi connectivity index (χ3v) is 5.18. The molecule has 27 heavy (non-hydrogen) atoms. The highest BCUT2D eigenvalue weighted by molar-refractivity contribution is 7.89. The molecular formula is C17H21FN4O4S. The van der Waals surface area contributed by atoms with Gasteiger partial charge in [-0.15, -0.1) is 0 Å². The first-order chi connectivity index (χ1) is 12.6. The lowest BCUT2D eigenvalue weighted by atomic mass is 10.2. The molecule has 0 aliphatic rings. The summed E-state index contributed by atoms with van der Waals surface area (Å²) in [5.74, 6) is -0.564. The highest BCUT2D eigenvalue weighted by Crippen LogP contribution is 2.31. The van der Waals surface area contributed by atoms with Gasteiger partial charge in [-0.25, -0.2) is 17.5 Å². The van der Waals surface area contributed by atoms with Crippen LogP contribution in [0.5, 0.6) is 0 Å². The molecule has 2 N–H and O–H groups in total. The van der Waals surface area contributed by atoms with Gasteiger partial charge in [-0.2, -0.15) is 0 Å². The number of sulfonamides is 1. The third-order valence-electron chi connectivity index (χ3n) is 3.72. The summed E-state index contributed by atoms with van der Waals surface area (Å²) >= 11 is 0. The second-order valence-corrected chi connectivity index (χ2v) is 8.01. The molecule has 0 aromatic heterocycles. The molecule has 0 heterocycles. The van der Waals surface area contributed by atoms with Crippen LogP contribution in [0.25, 0.3) is 0 Å². The number of anilines is 2. The first-order valence-corrected chi connectivity index (χ1v) is 9.54. The molecule has 0 unspecified atom stereocenters. The molecule has 8 nitrogen and oxygen atoms in total. The summed E-state index contributed by atoms with van der Waals surface area (Å²) in [7, 11) is -0.307. The molecule has 0 spiro atoms. The van der Waals surface area contributed by atoms with Gasteiger partial charge in [0, 0.05) is 19.2 Å². The molecule has 0 radical (unpaired) electrons. The molecule has 2 aromatic rings. The average Bonchev–Trinajstić information content (AvgIpc) is 2.56. The van der Waals surface area contributed by atoms with Gasteiger partial charge >= 0.3 is 0 Å². The van der Waals surface area contributed by atoms with Crippen LogP contribution in [0, 0.1) is 22.9 Å². The van der Waals surface area contributed by atoms with E-state index in [0.29, 0.717) is 12.1 Å². The average molecular weight is 396 g/mol. The smallest absolute Gasteiger partial charge is 0.294 e. The van der Waals surface area contributed by atoms with Crippen molar-refractivity contribution in [3.8, 4) is 0 Å². The molecule has 0 amide bonds. The van der Waals surface area contributed by atoms with E-state index in [2.05, 4.69) is 10.0 Å². The first kappa shape index (κ1) is 20.7. The number of nitrogens with one attached hydrogen (secondary N) is 2. The van der Waals surface area contributed by atoms with Gasteiger partial charge in [0.05, 0.1) is 15.5 Å². The minimum Gasteiger partial charge on any atom is -0.348 e. The number of likely N-dealkylation sites (N-methyl/N-ethyl adjacent to an activating group) is 1. The minimum absolute atomic E-state index is 0.00463. The fraction of sp³-hybridized carbons (Fsp3) is 0.294. The van der Waals surface area contributed by atoms with Crippen molar-refractivity contribution in [2.75, 3.05) is 32.5 Å². The molecule has 146 valence electrons. The van der Waals surface area contributed by atoms with E-state index >= 15 is 0 Å². The lowest BCUT2D eigenvalue weighted by Crippen LogP contribution is -2.31. The largest absolute Gasteiger partial charge is 0.348 e. The highest BCUT2D eigenvalue weighted by Gasteiger charge is 2.22. The van der Waals surface area contributed by atoms with Crippen molar-refractivity contribution in [3.63, 3.8) is 0 Å². The molecule has 0 saturated heterocycles. The number of halogens is 1. The third kappa shape index (κ3) is 5.46. The van der Waals surface area contributed by atoms with E-state index in [1.54, 1.807) is 32.0 Å². The number of rotatable bonds is 8. The number of benzene rings is 2. The number of nitrogens with zero attached hydrogens (tertiary/aromatic N) is 2. The van der Waals surface area contributed by atoms with Gasteiger partial charge in [-0.1, -0.05) is 6.07 Å². The van der Waals surface area contributed by atoms with Gasteiger partial charge in [0.1, 0.15) is 11.5 Å². The molecule has 0 aliphatic carbocycles. The van der Waals surface area contributed by atoms with Crippen molar-refractivity contribution in [3.05, 3.63) is 57.9 Å². The van der Waals surface area contributed by atoms with E-state index in [-0.39, 0.29) is 22.8 Å². The van der Waals surface area contributed by atoms with Crippen LogP contribution >= 0.6 is 0 Å². The van der Waals surface area contributed by atoms with Crippen molar-refractivity contribution in [1.82, 2.24) is 9.62 Å². The maximum atomic E-state index is 14.0. The Kier molecular flexibility index (Phi) is 6.47. The second-order valence-electron chi connectivity index (χ2n) is 6.25. The van der Waals surface area contributed by atoms with E-state index in [4.69, 9.17) is 0 Å². The molecule has 2 rings (SSSR count). The van der Waals surface area contributed by atoms with Gasteiger partial charge in [0.25, 0.3) is 5.69 Å². The van der Waals surface area contributed by atoms with E-state index in [1.807, 2.05) is 0 Å². The summed E-state index contributed by atoms with van der Waals surface area (Å²) in [6.07, 6.45) is 0. The lowest BCUT2D eigenvalue weighted by Gasteiger charge is -2.12. The van der Waals surface area contributed by atoms with Crippen molar-refractivity contribution >= 4 is 27.1 Å². The Bertz CT molecular complexity index is 948. The standard InChI is InChI=1S/C17H21FN4O4S/c1-12-4-6-15(14(18)10-12)20-16-7-5-13(11-17(16)22(23)24)27(25,26)19-8-9-21(2)3/h4-7,10-11,19-20H,8-9H2,1-3H3. The van der Waals surface area contributed by atoms with E-state index in [9.17, 15) is 22.9 Å². The second kappa shape index (κ2) is 8.42. The molecule has 10 heteroatoms. The maximum Gasteiger partial charge on any atom is 0.294 e. The fourth-order valence-corrected chi connectivity index (χ4v) is 3.33. The summed E-state index contributed by atoms with van der Waals surface area (Å²) in [5.41, 5.74) is 0.293. The van der Waals surface area contributed by atoms with Gasteiger partial charge in [-0.3, -0.25) is 10.1 Å². The van der Waals surface area contributed by atoms with Gasteiger partial charge < -0.3 is 10.2 Å². The summed E-state index contributed by atoms with van der Waals surface area (Å²) in [5, 5.41) is 14.0. The SMILES string of the molecule is Cc1ccc(Nc2ccc(S(=O)(=O)NCCN(C)C)cc2[N+](=O)[O-])c(F)c1. The molecule has 2 aromatic carbocycles. The zero-order chi connectivity index (χ0) is 20.2. The van der Waals surface area contributed by atoms with Crippen LogP contribution < -0.4 is 10.0 Å². The fourth-order valence-electron chi connectivity index (χ4n) is 2.29. The van der Waals surface area contributed by atoms with Gasteiger partial charge in [-0.05, 0) is 50.8 Å². The Hall–Kier alpha value is -2.56. The van der Waals surface area contributed by atoms with Crippen LogP contribution in [-0.2, 0) is 10.0 Å². The monoisotopic (exact) mass is 396 g/mol. The molecule has 0 saturated carbocycles. The van der Waals surface area contributed by atoms with Gasteiger partial charge in [0.15, 0.2) is 0 Å². The van der Waals surface area contributed by atoms with Crippen LogP contribution in [0.4, 0.5) is 21.5 Å². The zero-order valence-corrected chi connectivity index (χ0v) is 16.0. The molecule has 0 bridgehead atoms. The topological polar surface area (TPSA) is 105 Å². The van der Waals surface area contributed by atoms with E-state index in [0.717, 1.165) is 6.07 Å². The highest BCUT2D eigenvalue weighted by atomic mass is 32.2. The zero-order valence-electron chi connectivity index (χ0n) is 15.2. The number of hydrogen-bond donors (Lipinski definition) is 2. The number of aryl methyl sites for hydroxylation is 1. The Morgan fingerprint density at radius 2 is 1.81 bits per heavy atom. The molecular weight excluding hydrogens is 375 g/mol. The lowest BCUT2D eigenvalue weighted by molar-refractivity contribution is -0.384. The summed E-state index contributed by atoms with van der Waals surface area (Å²) < 4.78 is 41.0. The predicted molar refractivity (Wildman–Crippen MR) is 101 cm³/mol. The Morgan fingerprint density at radius 3 is 2.41 bits per heavy atom. The summed E-state index contributed by atoms with van der Waals surface area (Å²) in [4.78, 5) is 12.2. The van der Waals surface area contributed by atoms with Crippen molar-refractivity contribution < 1.29 is 17.7 Å². The van der Waals surface area contributed by atoms with Crippen LogP contribution in [0.2, 0.25) is 0 Å². The van der Waals surface area contributed by atoms with Crippen LogP contribution in [0.3, 0.4) is 0 Å². The number of nitro groups is 1. The first-order valence-electron chi connectivity index (χ1n) is 8.06. The molecule has 0 atom stereocenters. The number of nitro benzene ring substituents is 1. The number of hydrogen-bond acceptors (Lipinski definition) is 6. The van der Waals surface area contributed by atoms with E-state index in [1.165, 1.54) is 24.3 Å². The summed E-state index contributed by atoms with van der Waals surface area (Å²) in [6, 6.07) is 7.85. The Morgan fingerprint density at radius 1 is 1.15 bits per heavy atom.